The maximum atomic E-state index is 13.2. The van der Waals surface area contributed by atoms with Gasteiger partial charge in [0.25, 0.3) is 5.91 Å². The fourth-order valence-electron chi connectivity index (χ4n) is 3.97. The second kappa shape index (κ2) is 6.64. The fraction of sp³-hybridized carbons (Fsp3) is 0.368. The monoisotopic (exact) mass is 360 g/mol. The Labute approximate surface area is 150 Å². The van der Waals surface area contributed by atoms with E-state index in [9.17, 15) is 9.18 Å². The van der Waals surface area contributed by atoms with E-state index in [1.807, 2.05) is 17.0 Å². The van der Waals surface area contributed by atoms with Gasteiger partial charge in [0, 0.05) is 31.1 Å². The highest BCUT2D eigenvalue weighted by Gasteiger charge is 2.44. The lowest BCUT2D eigenvalue weighted by Gasteiger charge is -2.39. The molecule has 3 heterocycles. The Morgan fingerprint density at radius 1 is 1.24 bits per heavy atom. The minimum Gasteiger partial charge on any atom is -0.489 e. The van der Waals surface area contributed by atoms with Crippen LogP contribution in [0.5, 0.6) is 5.75 Å². The van der Waals surface area contributed by atoms with Crippen molar-refractivity contribution >= 4 is 17.5 Å². The molecule has 2 aliphatic heterocycles. The minimum atomic E-state index is -0.437. The average molecular weight is 361 g/mol. The molecule has 2 fully saturated rings. The second-order valence-corrected chi connectivity index (χ2v) is 7.03. The topological polar surface area (TPSA) is 42.4 Å². The number of hydrogen-bond donors (Lipinski definition) is 0. The van der Waals surface area contributed by atoms with Crippen molar-refractivity contribution in [2.75, 3.05) is 0 Å². The Kier molecular flexibility index (Phi) is 4.34. The van der Waals surface area contributed by atoms with Crippen molar-refractivity contribution in [2.24, 2.45) is 0 Å². The summed E-state index contributed by atoms with van der Waals surface area (Å²) in [7, 11) is 0. The molecule has 0 aliphatic carbocycles. The highest BCUT2D eigenvalue weighted by molar-refractivity contribution is 6.33. The number of fused-ring (bicyclic) bond motifs is 2. The van der Waals surface area contributed by atoms with E-state index in [0.29, 0.717) is 5.56 Å². The van der Waals surface area contributed by atoms with Crippen LogP contribution in [-0.4, -0.2) is 34.0 Å². The molecule has 2 bridgehead atoms. The van der Waals surface area contributed by atoms with Gasteiger partial charge in [0.05, 0.1) is 16.8 Å². The zero-order valence-corrected chi connectivity index (χ0v) is 14.3. The number of rotatable bonds is 3. The van der Waals surface area contributed by atoms with Gasteiger partial charge in [-0.25, -0.2) is 4.39 Å². The smallest absolute Gasteiger partial charge is 0.255 e. The zero-order valence-electron chi connectivity index (χ0n) is 13.6. The van der Waals surface area contributed by atoms with Gasteiger partial charge < -0.3 is 9.64 Å². The standard InChI is InChI=1S/C19H18ClFN2O2/c20-18-8-12(21)3-6-17(18)19(24)23-13-4-5-14(23)10-16(9-13)25-15-2-1-7-22-11-15/h1-3,6-8,11,13-14,16H,4-5,9-10H2. The molecule has 4 rings (SSSR count). The van der Waals surface area contributed by atoms with Gasteiger partial charge in [0.2, 0.25) is 0 Å². The number of carbonyl (C=O) groups is 1. The molecule has 1 amide bonds. The largest absolute Gasteiger partial charge is 0.489 e. The molecule has 0 N–H and O–H groups in total. The Bertz CT molecular complexity index is 772. The van der Waals surface area contributed by atoms with Crippen molar-refractivity contribution in [3.05, 3.63) is 59.1 Å². The molecule has 1 aromatic carbocycles. The predicted octanol–water partition coefficient (Wildman–Crippen LogP) is 4.09. The van der Waals surface area contributed by atoms with Gasteiger partial charge in [-0.05, 0) is 43.2 Å². The average Bonchev–Trinajstić information content (AvgIpc) is 2.86. The SMILES string of the molecule is O=C(c1ccc(F)cc1Cl)N1C2CCC1CC(Oc1cccnc1)C2. The van der Waals surface area contributed by atoms with Crippen molar-refractivity contribution in [1.82, 2.24) is 9.88 Å². The van der Waals surface area contributed by atoms with Crippen LogP contribution in [0, 0.1) is 5.82 Å². The van der Waals surface area contributed by atoms with E-state index >= 15 is 0 Å². The third-order valence-electron chi connectivity index (χ3n) is 5.02. The molecule has 130 valence electrons. The lowest BCUT2D eigenvalue weighted by atomic mass is 9.98. The Morgan fingerprint density at radius 2 is 2.00 bits per heavy atom. The van der Waals surface area contributed by atoms with E-state index in [-0.39, 0.29) is 29.1 Å². The van der Waals surface area contributed by atoms with E-state index in [1.165, 1.54) is 18.2 Å². The van der Waals surface area contributed by atoms with Crippen LogP contribution in [0.3, 0.4) is 0 Å². The number of benzene rings is 1. The van der Waals surface area contributed by atoms with Crippen molar-refractivity contribution in [2.45, 2.75) is 43.9 Å². The fourth-order valence-corrected chi connectivity index (χ4v) is 4.21. The summed E-state index contributed by atoms with van der Waals surface area (Å²) in [5.41, 5.74) is 0.367. The van der Waals surface area contributed by atoms with Crippen LogP contribution in [-0.2, 0) is 0 Å². The first kappa shape index (κ1) is 16.3. The molecule has 2 unspecified atom stereocenters. The van der Waals surface area contributed by atoms with Crippen LogP contribution >= 0.6 is 11.6 Å². The first-order valence-electron chi connectivity index (χ1n) is 8.46. The van der Waals surface area contributed by atoms with E-state index in [0.717, 1.165) is 31.4 Å². The molecule has 2 atom stereocenters. The van der Waals surface area contributed by atoms with Crippen LogP contribution in [0.1, 0.15) is 36.0 Å². The van der Waals surface area contributed by atoms with E-state index in [4.69, 9.17) is 16.3 Å². The first-order valence-corrected chi connectivity index (χ1v) is 8.84. The molecule has 1 aromatic heterocycles. The molecule has 0 radical (unpaired) electrons. The number of ether oxygens (including phenoxy) is 1. The summed E-state index contributed by atoms with van der Waals surface area (Å²) in [6, 6.07) is 7.94. The quantitative estimate of drug-likeness (QED) is 0.828. The number of carbonyl (C=O) groups excluding carboxylic acids is 1. The molecule has 0 spiro atoms. The van der Waals surface area contributed by atoms with E-state index in [2.05, 4.69) is 4.98 Å². The summed E-state index contributed by atoms with van der Waals surface area (Å²) < 4.78 is 19.3. The van der Waals surface area contributed by atoms with Crippen molar-refractivity contribution in [3.8, 4) is 5.75 Å². The van der Waals surface area contributed by atoms with E-state index < -0.39 is 5.82 Å². The molecule has 2 aliphatic rings. The molecular formula is C19H18ClFN2O2. The van der Waals surface area contributed by atoms with Crippen molar-refractivity contribution < 1.29 is 13.9 Å². The Hall–Kier alpha value is -2.14. The molecule has 2 aromatic rings. The number of halogens is 2. The van der Waals surface area contributed by atoms with Crippen LogP contribution in [0.4, 0.5) is 4.39 Å². The summed E-state index contributed by atoms with van der Waals surface area (Å²) >= 11 is 6.08. The Morgan fingerprint density at radius 3 is 2.64 bits per heavy atom. The summed E-state index contributed by atoms with van der Waals surface area (Å²) in [5, 5.41) is 0.165. The van der Waals surface area contributed by atoms with Gasteiger partial charge in [-0.15, -0.1) is 0 Å². The van der Waals surface area contributed by atoms with Gasteiger partial charge in [-0.1, -0.05) is 11.6 Å². The van der Waals surface area contributed by atoms with Gasteiger partial charge in [-0.3, -0.25) is 9.78 Å². The van der Waals surface area contributed by atoms with E-state index in [1.54, 1.807) is 12.4 Å². The third kappa shape index (κ3) is 3.21. The zero-order chi connectivity index (χ0) is 17.4. The number of pyridine rings is 1. The van der Waals surface area contributed by atoms with Crippen molar-refractivity contribution in [3.63, 3.8) is 0 Å². The minimum absolute atomic E-state index is 0.0782. The Balaban J connectivity index is 1.49. The van der Waals surface area contributed by atoms with Gasteiger partial charge in [0.1, 0.15) is 17.7 Å². The third-order valence-corrected chi connectivity index (χ3v) is 5.34. The maximum Gasteiger partial charge on any atom is 0.255 e. The summed E-state index contributed by atoms with van der Waals surface area (Å²) in [6.45, 7) is 0. The van der Waals surface area contributed by atoms with Gasteiger partial charge >= 0.3 is 0 Å². The molecule has 0 saturated carbocycles. The van der Waals surface area contributed by atoms with Crippen LogP contribution in [0.25, 0.3) is 0 Å². The number of aromatic nitrogens is 1. The number of amides is 1. The van der Waals surface area contributed by atoms with Crippen LogP contribution in [0.15, 0.2) is 42.7 Å². The predicted molar refractivity (Wildman–Crippen MR) is 92.3 cm³/mol. The molecular weight excluding hydrogens is 343 g/mol. The molecule has 2 saturated heterocycles. The first-order chi connectivity index (χ1) is 12.1. The number of piperidine rings is 1. The van der Waals surface area contributed by atoms with Gasteiger partial charge in [0.15, 0.2) is 0 Å². The number of hydrogen-bond acceptors (Lipinski definition) is 3. The summed E-state index contributed by atoms with van der Waals surface area (Å²) in [6.07, 6.45) is 6.99. The van der Waals surface area contributed by atoms with Crippen molar-refractivity contribution in [1.29, 1.82) is 0 Å². The second-order valence-electron chi connectivity index (χ2n) is 6.62. The van der Waals surface area contributed by atoms with Gasteiger partial charge in [-0.2, -0.15) is 0 Å². The summed E-state index contributed by atoms with van der Waals surface area (Å²) in [5.74, 6) is 0.207. The van der Waals surface area contributed by atoms with Crippen LogP contribution in [0.2, 0.25) is 5.02 Å². The number of nitrogens with zero attached hydrogens (tertiary/aromatic N) is 2. The lowest BCUT2D eigenvalue weighted by molar-refractivity contribution is 0.0358. The maximum absolute atomic E-state index is 13.2. The molecule has 6 heteroatoms. The normalized spacial score (nSPS) is 25.0. The highest BCUT2D eigenvalue weighted by atomic mass is 35.5. The molecule has 4 nitrogen and oxygen atoms in total. The van der Waals surface area contributed by atoms with Crippen LogP contribution < -0.4 is 4.74 Å². The highest BCUT2D eigenvalue weighted by Crippen LogP contribution is 2.38. The molecule has 25 heavy (non-hydrogen) atoms. The summed E-state index contributed by atoms with van der Waals surface area (Å²) in [4.78, 5) is 18.9. The lowest BCUT2D eigenvalue weighted by Crippen LogP contribution is -2.49.